The van der Waals surface area contributed by atoms with Crippen molar-refractivity contribution in [2.24, 2.45) is 5.41 Å². The first-order chi connectivity index (χ1) is 12.7. The summed E-state index contributed by atoms with van der Waals surface area (Å²) in [6, 6.07) is 9.97. The molecule has 2 amide bonds. The van der Waals surface area contributed by atoms with Gasteiger partial charge in [-0.25, -0.2) is 0 Å². The van der Waals surface area contributed by atoms with Crippen molar-refractivity contribution >= 4 is 11.8 Å². The van der Waals surface area contributed by atoms with Gasteiger partial charge in [0.25, 0.3) is 0 Å². The Labute approximate surface area is 156 Å². The Kier molecular flexibility index (Phi) is 6.12. The zero-order chi connectivity index (χ0) is 18.4. The summed E-state index contributed by atoms with van der Waals surface area (Å²) in [5.41, 5.74) is 1.74. The number of nitrogens with one attached hydrogen (secondary N) is 1. The van der Waals surface area contributed by atoms with Crippen molar-refractivity contribution in [1.29, 1.82) is 0 Å². The largest absolute Gasteiger partial charge is 0.355 e. The zero-order valence-corrected chi connectivity index (χ0v) is 15.8. The standard InChI is InChI=1S/C22H30N2O2/c1-2-24(17-19-11-7-4-8-12-19)21(26)22(14-15-22)20(25)23-16-13-18-9-5-3-6-10-18/h4,7-9,11-12H,2-3,5-6,10,13-17H2,1H3,(H,23,25). The summed E-state index contributed by atoms with van der Waals surface area (Å²) in [6.45, 7) is 3.81. The average Bonchev–Trinajstić information content (AvgIpc) is 3.49. The highest BCUT2D eigenvalue weighted by molar-refractivity contribution is 6.07. The molecule has 2 aliphatic rings. The van der Waals surface area contributed by atoms with E-state index in [4.69, 9.17) is 0 Å². The first kappa shape index (κ1) is 18.7. The summed E-state index contributed by atoms with van der Waals surface area (Å²) < 4.78 is 0. The summed E-state index contributed by atoms with van der Waals surface area (Å²) in [5.74, 6) is -0.0938. The highest BCUT2D eigenvalue weighted by Crippen LogP contribution is 2.47. The van der Waals surface area contributed by atoms with Gasteiger partial charge in [-0.1, -0.05) is 42.0 Å². The van der Waals surface area contributed by atoms with Gasteiger partial charge in [0, 0.05) is 19.6 Å². The maximum absolute atomic E-state index is 13.0. The molecule has 0 aliphatic heterocycles. The van der Waals surface area contributed by atoms with Crippen LogP contribution in [0.15, 0.2) is 42.0 Å². The van der Waals surface area contributed by atoms with Crippen LogP contribution in [0.1, 0.15) is 57.4 Å². The summed E-state index contributed by atoms with van der Waals surface area (Å²) in [7, 11) is 0. The maximum Gasteiger partial charge on any atom is 0.238 e. The lowest BCUT2D eigenvalue weighted by Gasteiger charge is -2.26. The number of carbonyl (C=O) groups is 2. The van der Waals surface area contributed by atoms with Crippen LogP contribution in [0.2, 0.25) is 0 Å². The molecule has 1 aromatic carbocycles. The Bertz CT molecular complexity index is 662. The van der Waals surface area contributed by atoms with Gasteiger partial charge in [0.05, 0.1) is 0 Å². The van der Waals surface area contributed by atoms with Gasteiger partial charge >= 0.3 is 0 Å². The lowest BCUT2D eigenvalue weighted by Crippen LogP contribution is -2.45. The first-order valence-corrected chi connectivity index (χ1v) is 9.95. The predicted octanol–water partition coefficient (Wildman–Crippen LogP) is 3.82. The molecule has 0 spiro atoms. The second kappa shape index (κ2) is 8.52. The first-order valence-electron chi connectivity index (χ1n) is 9.95. The van der Waals surface area contributed by atoms with Gasteiger partial charge in [-0.3, -0.25) is 9.59 Å². The normalized spacial score (nSPS) is 18.0. The molecule has 1 saturated carbocycles. The highest BCUT2D eigenvalue weighted by Gasteiger charge is 2.57. The van der Waals surface area contributed by atoms with Crippen LogP contribution in [0.4, 0.5) is 0 Å². The van der Waals surface area contributed by atoms with E-state index in [0.29, 0.717) is 32.5 Å². The zero-order valence-electron chi connectivity index (χ0n) is 15.8. The molecule has 140 valence electrons. The van der Waals surface area contributed by atoms with Crippen molar-refractivity contribution in [2.45, 2.75) is 58.4 Å². The molecule has 0 saturated heterocycles. The van der Waals surface area contributed by atoms with Crippen molar-refractivity contribution in [3.05, 3.63) is 47.5 Å². The predicted molar refractivity (Wildman–Crippen MR) is 103 cm³/mol. The lowest BCUT2D eigenvalue weighted by molar-refractivity contribution is -0.144. The number of amides is 2. The Balaban J connectivity index is 1.54. The molecule has 1 aromatic rings. The van der Waals surface area contributed by atoms with Crippen LogP contribution in [-0.4, -0.2) is 29.8 Å². The van der Waals surface area contributed by atoms with E-state index in [1.165, 1.54) is 18.4 Å². The van der Waals surface area contributed by atoms with Crippen molar-refractivity contribution < 1.29 is 9.59 Å². The second-order valence-corrected chi connectivity index (χ2v) is 7.50. The molecule has 0 heterocycles. The molecule has 0 bridgehead atoms. The maximum atomic E-state index is 13.0. The van der Waals surface area contributed by atoms with Gasteiger partial charge in [-0.15, -0.1) is 0 Å². The number of hydrogen-bond acceptors (Lipinski definition) is 2. The monoisotopic (exact) mass is 354 g/mol. The second-order valence-electron chi connectivity index (χ2n) is 7.50. The molecule has 26 heavy (non-hydrogen) atoms. The molecule has 1 fully saturated rings. The van der Waals surface area contributed by atoms with E-state index in [0.717, 1.165) is 24.8 Å². The number of benzene rings is 1. The Hall–Kier alpha value is -2.10. The summed E-state index contributed by atoms with van der Waals surface area (Å²) in [4.78, 5) is 27.5. The molecule has 0 unspecified atom stereocenters. The molecule has 2 aliphatic carbocycles. The number of hydrogen-bond donors (Lipinski definition) is 1. The van der Waals surface area contributed by atoms with E-state index in [9.17, 15) is 9.59 Å². The summed E-state index contributed by atoms with van der Waals surface area (Å²) in [5, 5.41) is 3.03. The third-order valence-electron chi connectivity index (χ3n) is 5.60. The van der Waals surface area contributed by atoms with Gasteiger partial charge in [0.2, 0.25) is 11.8 Å². The third kappa shape index (κ3) is 4.35. The van der Waals surface area contributed by atoms with E-state index in [2.05, 4.69) is 11.4 Å². The minimum atomic E-state index is -0.814. The minimum Gasteiger partial charge on any atom is -0.355 e. The number of rotatable bonds is 8. The average molecular weight is 354 g/mol. The summed E-state index contributed by atoms with van der Waals surface area (Å²) in [6.07, 6.45) is 9.42. The molecule has 4 nitrogen and oxygen atoms in total. The molecule has 0 aromatic heterocycles. The Morgan fingerprint density at radius 3 is 2.54 bits per heavy atom. The van der Waals surface area contributed by atoms with Crippen LogP contribution in [0.25, 0.3) is 0 Å². The number of carbonyl (C=O) groups excluding carboxylic acids is 2. The minimum absolute atomic E-state index is 0.0155. The third-order valence-corrected chi connectivity index (χ3v) is 5.60. The van der Waals surface area contributed by atoms with E-state index < -0.39 is 5.41 Å². The highest BCUT2D eigenvalue weighted by atomic mass is 16.2. The van der Waals surface area contributed by atoms with Gasteiger partial charge in [0.15, 0.2) is 0 Å². The van der Waals surface area contributed by atoms with Gasteiger partial charge in [0.1, 0.15) is 5.41 Å². The molecule has 0 radical (unpaired) electrons. The molecular formula is C22H30N2O2. The van der Waals surface area contributed by atoms with Crippen LogP contribution in [0.5, 0.6) is 0 Å². The van der Waals surface area contributed by atoms with Gasteiger partial charge in [-0.2, -0.15) is 0 Å². The van der Waals surface area contributed by atoms with Gasteiger partial charge in [-0.05, 0) is 57.4 Å². The van der Waals surface area contributed by atoms with E-state index in [1.807, 2.05) is 42.2 Å². The lowest BCUT2D eigenvalue weighted by atomic mass is 9.97. The van der Waals surface area contributed by atoms with Crippen molar-refractivity contribution in [3.63, 3.8) is 0 Å². The van der Waals surface area contributed by atoms with E-state index in [1.54, 1.807) is 0 Å². The molecule has 0 atom stereocenters. The van der Waals surface area contributed by atoms with Crippen molar-refractivity contribution in [2.75, 3.05) is 13.1 Å². The van der Waals surface area contributed by atoms with Crippen LogP contribution in [0.3, 0.4) is 0 Å². The Morgan fingerprint density at radius 2 is 1.92 bits per heavy atom. The van der Waals surface area contributed by atoms with Crippen LogP contribution in [-0.2, 0) is 16.1 Å². The number of allylic oxidation sites excluding steroid dienone is 1. The SMILES string of the molecule is CCN(Cc1ccccc1)C(=O)C1(C(=O)NCCC2=CCCCC2)CC1. The van der Waals surface area contributed by atoms with E-state index in [-0.39, 0.29) is 11.8 Å². The number of nitrogens with zero attached hydrogens (tertiary/aromatic N) is 1. The van der Waals surface area contributed by atoms with Crippen molar-refractivity contribution in [1.82, 2.24) is 10.2 Å². The quantitative estimate of drug-likeness (QED) is 0.570. The Morgan fingerprint density at radius 1 is 1.15 bits per heavy atom. The summed E-state index contributed by atoms with van der Waals surface area (Å²) >= 11 is 0. The van der Waals surface area contributed by atoms with E-state index >= 15 is 0 Å². The molecule has 4 heteroatoms. The topological polar surface area (TPSA) is 49.4 Å². The molecule has 1 N–H and O–H groups in total. The van der Waals surface area contributed by atoms with Gasteiger partial charge < -0.3 is 10.2 Å². The fourth-order valence-electron chi connectivity index (χ4n) is 3.73. The fraction of sp³-hybridized carbons (Fsp3) is 0.545. The smallest absolute Gasteiger partial charge is 0.238 e. The van der Waals surface area contributed by atoms with Crippen molar-refractivity contribution in [3.8, 4) is 0 Å². The van der Waals surface area contributed by atoms with Crippen LogP contribution in [0, 0.1) is 5.41 Å². The fourth-order valence-corrected chi connectivity index (χ4v) is 3.73. The molecular weight excluding hydrogens is 324 g/mol. The molecule has 3 rings (SSSR count). The van der Waals surface area contributed by atoms with Crippen LogP contribution >= 0.6 is 0 Å². The van der Waals surface area contributed by atoms with Crippen LogP contribution < -0.4 is 5.32 Å².